The third kappa shape index (κ3) is 20.3. The molecule has 1 amide bonds. The molecule has 0 N–H and O–H groups in total. The summed E-state index contributed by atoms with van der Waals surface area (Å²) in [4.78, 5) is 52.5. The van der Waals surface area contributed by atoms with Gasteiger partial charge in [0.15, 0.2) is 0 Å². The quantitative estimate of drug-likeness (QED) is 0.0691. The Hall–Kier alpha value is -3.76. The van der Waals surface area contributed by atoms with Gasteiger partial charge in [-0.1, -0.05) is 95.2 Å². The van der Waals surface area contributed by atoms with Crippen molar-refractivity contribution in [3.63, 3.8) is 0 Å². The van der Waals surface area contributed by atoms with Gasteiger partial charge in [-0.2, -0.15) is 0 Å². The van der Waals surface area contributed by atoms with Gasteiger partial charge < -0.3 is 47.5 Å². The number of ketones is 1. The fraction of sp³-hybridized carbons (Fsp3) is 0.704. The maximum atomic E-state index is 13.7. The summed E-state index contributed by atoms with van der Waals surface area (Å²) in [5.41, 5.74) is 1.93. The Morgan fingerprint density at radius 1 is 0.794 bits per heavy atom. The van der Waals surface area contributed by atoms with Gasteiger partial charge in [-0.3, -0.25) is 9.59 Å². The van der Waals surface area contributed by atoms with Gasteiger partial charge in [-0.05, 0) is 38.5 Å². The van der Waals surface area contributed by atoms with Gasteiger partial charge >= 0.3 is 11.9 Å². The summed E-state index contributed by atoms with van der Waals surface area (Å²) < 4.78 is 53.8. The van der Waals surface area contributed by atoms with Gasteiger partial charge in [0.2, 0.25) is 6.41 Å². The molecule has 2 heterocycles. The van der Waals surface area contributed by atoms with Crippen molar-refractivity contribution in [3.05, 3.63) is 72.0 Å². The third-order valence-electron chi connectivity index (χ3n) is 13.9. The summed E-state index contributed by atoms with van der Waals surface area (Å²) in [7, 11) is 13.3. The lowest BCUT2D eigenvalue weighted by Gasteiger charge is -2.35. The summed E-state index contributed by atoms with van der Waals surface area (Å²) >= 11 is 0. The third-order valence-corrected chi connectivity index (χ3v) is 13.9. The van der Waals surface area contributed by atoms with E-state index in [1.54, 1.807) is 75.2 Å². The smallest absolute Gasteiger partial charge is 0.331 e. The Balaban J connectivity index is 2.49. The van der Waals surface area contributed by atoms with Crippen LogP contribution in [-0.2, 0) is 61.8 Å². The van der Waals surface area contributed by atoms with Crippen molar-refractivity contribution >= 4 is 24.1 Å². The normalized spacial score (nSPS) is 31.9. The molecule has 0 saturated heterocycles. The molecule has 0 aromatic rings. The number of rotatable bonds is 19. The number of carbonyl (C=O) groups excluding carboxylic acids is 4. The molecule has 0 spiro atoms. The maximum absolute atomic E-state index is 13.7. The monoisotopic (exact) mass is 958 g/mol. The van der Waals surface area contributed by atoms with E-state index in [0.29, 0.717) is 57.8 Å². The highest BCUT2D eigenvalue weighted by Crippen LogP contribution is 2.33. The number of hydrogen-bond acceptors (Lipinski definition) is 13. The highest BCUT2D eigenvalue weighted by atomic mass is 16.6. The van der Waals surface area contributed by atoms with Gasteiger partial charge in [-0.15, -0.1) is 0 Å². The largest absolute Gasteiger partial charge is 0.458 e. The highest BCUT2D eigenvalue weighted by molar-refractivity contribution is 5.84. The van der Waals surface area contributed by atoms with Crippen LogP contribution in [0.25, 0.3) is 0 Å². The molecule has 0 fully saturated rings. The topological polar surface area (TPSA) is 155 Å². The summed E-state index contributed by atoms with van der Waals surface area (Å²) in [5, 5.41) is 0. The Bertz CT molecular complexity index is 1700. The molecule has 68 heavy (non-hydrogen) atoms. The molecule has 0 aromatic carbocycles. The number of fused-ring (bicyclic) bond motifs is 2. The number of Topliss-reactive ketones (excluding diaryl/α,β-unsaturated/α-hetero) is 1. The summed E-state index contributed by atoms with van der Waals surface area (Å²) in [6.07, 6.45) is 20.1. The van der Waals surface area contributed by atoms with Gasteiger partial charge in [0, 0.05) is 130 Å². The van der Waals surface area contributed by atoms with Crippen LogP contribution in [0.15, 0.2) is 72.0 Å². The Labute approximate surface area is 408 Å². The lowest BCUT2D eigenvalue weighted by Crippen LogP contribution is -2.41. The Morgan fingerprint density at radius 3 is 2.00 bits per heavy atom. The lowest BCUT2D eigenvalue weighted by atomic mass is 9.81. The first kappa shape index (κ1) is 60.4. The summed E-state index contributed by atoms with van der Waals surface area (Å²) in [6.45, 7) is 14.1. The van der Waals surface area contributed by atoms with Crippen molar-refractivity contribution in [1.29, 1.82) is 0 Å². The van der Waals surface area contributed by atoms with E-state index >= 15 is 0 Å². The first-order chi connectivity index (χ1) is 32.4. The van der Waals surface area contributed by atoms with E-state index in [9.17, 15) is 19.2 Å². The number of allylic oxidation sites excluding steroid dienone is 2. The first-order valence-electron chi connectivity index (χ1n) is 24.3. The molecule has 2 aliphatic rings. The molecular formula is C54H87NO13. The zero-order valence-electron chi connectivity index (χ0n) is 43.9. The second kappa shape index (κ2) is 32.2. The fourth-order valence-corrected chi connectivity index (χ4v) is 9.37. The van der Waals surface area contributed by atoms with Gasteiger partial charge in [0.05, 0.1) is 42.7 Å². The number of nitrogens with zero attached hydrogens (tertiary/aromatic N) is 1. The maximum Gasteiger partial charge on any atom is 0.331 e. The molecule has 2 rings (SSSR count). The van der Waals surface area contributed by atoms with E-state index in [2.05, 4.69) is 19.9 Å². The lowest BCUT2D eigenvalue weighted by molar-refractivity contribution is -0.152. The fourth-order valence-electron chi connectivity index (χ4n) is 9.37. The van der Waals surface area contributed by atoms with Crippen molar-refractivity contribution in [2.45, 2.75) is 155 Å². The number of cyclic esters (lactones) is 1. The minimum Gasteiger partial charge on any atom is -0.458 e. The minimum absolute atomic E-state index is 0.0107. The number of hydrogen-bond donors (Lipinski definition) is 0. The SMILES string of the molecule is COC1/C=C/[C@H](C)C([C@@H](C)C(OC)[C@@H](C)CCC(=O)C(C)[C@@H](C/C=C/N(C)C=O)OC)OC(=O)/C=C/C=C(\C)C[C@@H](OC)CC2=CC(=O)OC(C2)[C@H](C)C(OC)C[C@H](OC)/C=C/C(C)C(OC)C1. The molecule has 0 aromatic heterocycles. The van der Waals surface area contributed by atoms with Crippen LogP contribution in [-0.4, -0.2) is 141 Å². The van der Waals surface area contributed by atoms with Crippen molar-refractivity contribution in [1.82, 2.24) is 4.90 Å². The average molecular weight is 958 g/mol. The van der Waals surface area contributed by atoms with Gasteiger partial charge in [0.25, 0.3) is 0 Å². The number of carbonyl (C=O) groups is 4. The highest BCUT2D eigenvalue weighted by Gasteiger charge is 2.37. The number of esters is 2. The number of ether oxygens (including phenoxy) is 9. The molecule has 2 aliphatic heterocycles. The van der Waals surface area contributed by atoms with Crippen LogP contribution in [0.1, 0.15) is 99.8 Å². The second-order valence-corrected chi connectivity index (χ2v) is 18.9. The molecule has 0 radical (unpaired) electrons. The zero-order chi connectivity index (χ0) is 50.9. The van der Waals surface area contributed by atoms with Crippen LogP contribution in [0.4, 0.5) is 0 Å². The van der Waals surface area contributed by atoms with Crippen LogP contribution < -0.4 is 0 Å². The Morgan fingerprint density at radius 2 is 1.43 bits per heavy atom. The van der Waals surface area contributed by atoms with E-state index in [1.807, 2.05) is 65.0 Å². The van der Waals surface area contributed by atoms with Crippen LogP contribution in [0.5, 0.6) is 0 Å². The van der Waals surface area contributed by atoms with Crippen molar-refractivity contribution in [2.75, 3.05) is 56.8 Å². The standard InChI is InChI=1S/C54H87NO13/c1-35-18-16-20-51(58)68-54(41(7)53(66-15)37(3)23-26-46(57)39(5)47(63-12)19-17-27-55(8)34-56)38(4)22-25-43(60-9)32-48(64-13)36(2)21-24-44(61-10)33-49(65-14)40(6)50-30-42(31-52(59)67-50)29-45(28-35)62-11/h16-18,20-22,24-25,27,31,34,36-41,43-45,47-50,53-54H,19,23,26,28-30,32-33H2,1-15H3/b20-16+,24-21+,25-22+,27-17+,35-18+/t36?,37-,38-,39?,40+,41-,43?,44+,45+,47+,48?,49?,50?,53?,54?/m0/s1. The molecule has 14 nitrogen and oxygen atoms in total. The van der Waals surface area contributed by atoms with Crippen molar-refractivity contribution < 1.29 is 61.8 Å². The molecule has 2 bridgehead atoms. The van der Waals surface area contributed by atoms with E-state index < -0.39 is 12.1 Å². The van der Waals surface area contributed by atoms with Crippen LogP contribution in [0.2, 0.25) is 0 Å². The second-order valence-electron chi connectivity index (χ2n) is 18.9. The molecule has 15 atom stereocenters. The number of methoxy groups -OCH3 is 7. The van der Waals surface area contributed by atoms with Crippen molar-refractivity contribution in [3.8, 4) is 0 Å². The summed E-state index contributed by atoms with van der Waals surface area (Å²) in [5.74, 6) is -1.91. The predicted octanol–water partition coefficient (Wildman–Crippen LogP) is 8.59. The average Bonchev–Trinajstić information content (AvgIpc) is 3.32. The molecule has 0 saturated carbocycles. The van der Waals surface area contributed by atoms with E-state index in [1.165, 1.54) is 11.0 Å². The van der Waals surface area contributed by atoms with Crippen LogP contribution in [0, 0.1) is 35.5 Å². The molecular weight excluding hydrogens is 871 g/mol. The number of amides is 1. The van der Waals surface area contributed by atoms with E-state index in [-0.39, 0.29) is 96.1 Å². The van der Waals surface area contributed by atoms with Crippen molar-refractivity contribution in [2.24, 2.45) is 35.5 Å². The molecule has 8 unspecified atom stereocenters. The first-order valence-corrected chi connectivity index (χ1v) is 24.3. The minimum atomic E-state index is -0.609. The zero-order valence-corrected chi connectivity index (χ0v) is 43.9. The Kier molecular flexibility index (Phi) is 28.6. The molecule has 386 valence electrons. The van der Waals surface area contributed by atoms with E-state index in [4.69, 9.17) is 42.6 Å². The van der Waals surface area contributed by atoms with Crippen LogP contribution >= 0.6 is 0 Å². The molecule has 14 heteroatoms. The summed E-state index contributed by atoms with van der Waals surface area (Å²) in [6, 6.07) is 0. The van der Waals surface area contributed by atoms with Crippen LogP contribution in [0.3, 0.4) is 0 Å². The molecule has 0 aliphatic carbocycles. The van der Waals surface area contributed by atoms with Gasteiger partial charge in [0.1, 0.15) is 18.0 Å². The van der Waals surface area contributed by atoms with Gasteiger partial charge in [-0.25, -0.2) is 9.59 Å². The predicted molar refractivity (Wildman–Crippen MR) is 264 cm³/mol. The van der Waals surface area contributed by atoms with E-state index in [0.717, 1.165) is 11.1 Å².